The highest BCUT2D eigenvalue weighted by Gasteiger charge is 2.09. The minimum Gasteiger partial charge on any atom is -0.256 e. The third-order valence-electron chi connectivity index (χ3n) is 4.09. The molecule has 0 atom stereocenters. The van der Waals surface area contributed by atoms with Gasteiger partial charge in [0.2, 0.25) is 0 Å². The summed E-state index contributed by atoms with van der Waals surface area (Å²) in [6.07, 6.45) is 3.44. The van der Waals surface area contributed by atoms with Crippen LogP contribution in [-0.2, 0) is 0 Å². The van der Waals surface area contributed by atoms with E-state index in [2.05, 4.69) is 65.2 Å². The molecule has 3 nitrogen and oxygen atoms in total. The van der Waals surface area contributed by atoms with Gasteiger partial charge < -0.3 is 0 Å². The molecular formula is C21H17N3. The minimum absolute atomic E-state index is 0.933. The fourth-order valence-corrected chi connectivity index (χ4v) is 3.09. The zero-order chi connectivity index (χ0) is 16.5. The molecule has 0 fully saturated rings. The smallest absolute Gasteiger partial charge is 0.116 e. The molecule has 0 radical (unpaired) electrons. The van der Waals surface area contributed by atoms with Crippen LogP contribution in [0.3, 0.4) is 0 Å². The van der Waals surface area contributed by atoms with Crippen LogP contribution in [0.15, 0.2) is 67.1 Å². The normalized spacial score (nSPS) is 10.9. The highest BCUT2D eigenvalue weighted by Crippen LogP contribution is 2.29. The summed E-state index contributed by atoms with van der Waals surface area (Å²) in [7, 11) is 0. The first-order valence-electron chi connectivity index (χ1n) is 7.95. The lowest BCUT2D eigenvalue weighted by Crippen LogP contribution is -1.91. The van der Waals surface area contributed by atoms with Crippen LogP contribution in [0.5, 0.6) is 0 Å². The Hall–Kier alpha value is -3.07. The molecular weight excluding hydrogens is 294 g/mol. The van der Waals surface area contributed by atoms with E-state index in [0.717, 1.165) is 33.4 Å². The Morgan fingerprint density at radius 3 is 2.29 bits per heavy atom. The topological polar surface area (TPSA) is 38.7 Å². The first kappa shape index (κ1) is 14.5. The zero-order valence-corrected chi connectivity index (χ0v) is 13.7. The number of aromatic nitrogens is 3. The van der Waals surface area contributed by atoms with Crippen molar-refractivity contribution in [1.82, 2.24) is 15.0 Å². The van der Waals surface area contributed by atoms with E-state index in [4.69, 9.17) is 0 Å². The summed E-state index contributed by atoms with van der Waals surface area (Å²) < 4.78 is 0. The van der Waals surface area contributed by atoms with Crippen molar-refractivity contribution < 1.29 is 0 Å². The molecule has 0 bridgehead atoms. The van der Waals surface area contributed by atoms with E-state index in [1.165, 1.54) is 11.1 Å². The number of hydrogen-bond donors (Lipinski definition) is 0. The quantitative estimate of drug-likeness (QED) is 0.524. The van der Waals surface area contributed by atoms with Gasteiger partial charge in [-0.25, -0.2) is 9.97 Å². The second kappa shape index (κ2) is 5.85. The van der Waals surface area contributed by atoms with Gasteiger partial charge in [-0.15, -0.1) is 0 Å². The van der Waals surface area contributed by atoms with Crippen molar-refractivity contribution >= 4 is 10.9 Å². The third kappa shape index (κ3) is 2.65. The average Bonchev–Trinajstić information content (AvgIpc) is 2.60. The van der Waals surface area contributed by atoms with Gasteiger partial charge in [0.05, 0.1) is 16.9 Å². The molecule has 0 saturated heterocycles. The maximum absolute atomic E-state index is 4.54. The second-order valence-corrected chi connectivity index (χ2v) is 6.05. The van der Waals surface area contributed by atoms with Crippen molar-refractivity contribution in [1.29, 1.82) is 0 Å². The molecule has 0 saturated carbocycles. The van der Waals surface area contributed by atoms with Crippen molar-refractivity contribution in [3.05, 3.63) is 78.2 Å². The number of benzene rings is 2. The van der Waals surface area contributed by atoms with E-state index in [1.54, 1.807) is 12.5 Å². The maximum Gasteiger partial charge on any atom is 0.116 e. The summed E-state index contributed by atoms with van der Waals surface area (Å²) in [5.74, 6) is 0. The van der Waals surface area contributed by atoms with Crippen LogP contribution in [0.1, 0.15) is 11.1 Å². The van der Waals surface area contributed by atoms with Crippen LogP contribution >= 0.6 is 0 Å². The summed E-state index contributed by atoms with van der Waals surface area (Å²) in [5.41, 5.74) is 7.52. The zero-order valence-electron chi connectivity index (χ0n) is 13.7. The Balaban J connectivity index is 1.90. The van der Waals surface area contributed by atoms with Crippen molar-refractivity contribution in [2.24, 2.45) is 0 Å². The molecule has 0 spiro atoms. The summed E-state index contributed by atoms with van der Waals surface area (Å²) in [6, 6.07) is 18.7. The predicted octanol–water partition coefficient (Wildman–Crippen LogP) is 4.98. The van der Waals surface area contributed by atoms with Gasteiger partial charge >= 0.3 is 0 Å². The molecule has 24 heavy (non-hydrogen) atoms. The predicted molar refractivity (Wildman–Crippen MR) is 97.7 cm³/mol. The molecule has 4 rings (SSSR count). The summed E-state index contributed by atoms with van der Waals surface area (Å²) >= 11 is 0. The molecule has 0 aliphatic carbocycles. The van der Waals surface area contributed by atoms with Crippen LogP contribution in [0.2, 0.25) is 0 Å². The third-order valence-corrected chi connectivity index (χ3v) is 4.09. The van der Waals surface area contributed by atoms with E-state index < -0.39 is 0 Å². The van der Waals surface area contributed by atoms with E-state index in [-0.39, 0.29) is 0 Å². The van der Waals surface area contributed by atoms with Gasteiger partial charge in [0.15, 0.2) is 0 Å². The highest BCUT2D eigenvalue weighted by molar-refractivity contribution is 5.94. The van der Waals surface area contributed by atoms with Gasteiger partial charge in [0, 0.05) is 22.7 Å². The molecule has 2 heterocycles. The summed E-state index contributed by atoms with van der Waals surface area (Å²) in [4.78, 5) is 13.4. The molecule has 0 aliphatic rings. The summed E-state index contributed by atoms with van der Waals surface area (Å²) in [6.45, 7) is 4.22. The molecule has 0 aliphatic heterocycles. The van der Waals surface area contributed by atoms with Gasteiger partial charge in [0.1, 0.15) is 6.33 Å². The molecule has 4 aromatic rings. The molecule has 3 heteroatoms. The van der Waals surface area contributed by atoms with Crippen molar-refractivity contribution in [3.8, 4) is 22.5 Å². The molecule has 2 aromatic heterocycles. The van der Waals surface area contributed by atoms with Crippen molar-refractivity contribution in [3.63, 3.8) is 0 Å². The highest BCUT2D eigenvalue weighted by atomic mass is 14.8. The largest absolute Gasteiger partial charge is 0.256 e. The first-order valence-corrected chi connectivity index (χ1v) is 7.95. The van der Waals surface area contributed by atoms with Crippen LogP contribution in [0.25, 0.3) is 33.4 Å². The Kier molecular flexibility index (Phi) is 3.54. The van der Waals surface area contributed by atoms with E-state index in [1.807, 2.05) is 18.2 Å². The standard InChI is InChI=1S/C21H17N3/c1-14-9-15(2)11-17(10-14)21-18-7-6-16(12-20(18)23-13-24-21)19-5-3-4-8-22-19/h3-13H,1-2H3. The molecule has 2 aromatic carbocycles. The molecule has 116 valence electrons. The monoisotopic (exact) mass is 311 g/mol. The Bertz CT molecular complexity index is 1000. The SMILES string of the molecule is Cc1cc(C)cc(-c2ncnc3cc(-c4ccccn4)ccc23)c1. The first-order chi connectivity index (χ1) is 11.7. The van der Waals surface area contributed by atoms with Gasteiger partial charge in [-0.1, -0.05) is 29.3 Å². The van der Waals surface area contributed by atoms with E-state index in [9.17, 15) is 0 Å². The lowest BCUT2D eigenvalue weighted by Gasteiger charge is -2.09. The van der Waals surface area contributed by atoms with Crippen LogP contribution in [-0.4, -0.2) is 15.0 Å². The van der Waals surface area contributed by atoms with Gasteiger partial charge in [-0.3, -0.25) is 4.98 Å². The second-order valence-electron chi connectivity index (χ2n) is 6.05. The van der Waals surface area contributed by atoms with E-state index >= 15 is 0 Å². The lowest BCUT2D eigenvalue weighted by atomic mass is 10.0. The molecule has 0 amide bonds. The molecule has 0 N–H and O–H groups in total. The molecule has 0 unspecified atom stereocenters. The van der Waals surface area contributed by atoms with Crippen LogP contribution in [0.4, 0.5) is 0 Å². The Morgan fingerprint density at radius 1 is 0.708 bits per heavy atom. The number of pyridine rings is 1. The maximum atomic E-state index is 4.54. The lowest BCUT2D eigenvalue weighted by molar-refractivity contribution is 1.22. The number of nitrogens with zero attached hydrogens (tertiary/aromatic N) is 3. The van der Waals surface area contributed by atoms with Gasteiger partial charge in [-0.05, 0) is 50.2 Å². The van der Waals surface area contributed by atoms with E-state index in [0.29, 0.717) is 0 Å². The van der Waals surface area contributed by atoms with Crippen LogP contribution < -0.4 is 0 Å². The van der Waals surface area contributed by atoms with Crippen LogP contribution in [0, 0.1) is 13.8 Å². The Morgan fingerprint density at radius 2 is 1.54 bits per heavy atom. The number of aryl methyl sites for hydroxylation is 2. The average molecular weight is 311 g/mol. The van der Waals surface area contributed by atoms with Gasteiger partial charge in [0.25, 0.3) is 0 Å². The Labute approximate surface area is 141 Å². The minimum atomic E-state index is 0.933. The van der Waals surface area contributed by atoms with Gasteiger partial charge in [-0.2, -0.15) is 0 Å². The fraction of sp³-hybridized carbons (Fsp3) is 0.0952. The fourth-order valence-electron chi connectivity index (χ4n) is 3.09. The number of hydrogen-bond acceptors (Lipinski definition) is 3. The van der Waals surface area contributed by atoms with Crippen molar-refractivity contribution in [2.75, 3.05) is 0 Å². The number of rotatable bonds is 2. The number of fused-ring (bicyclic) bond motifs is 1. The summed E-state index contributed by atoms with van der Waals surface area (Å²) in [5, 5.41) is 1.06. The van der Waals surface area contributed by atoms with Crippen molar-refractivity contribution in [2.45, 2.75) is 13.8 Å².